The van der Waals surface area contributed by atoms with Gasteiger partial charge in [-0.2, -0.15) is 0 Å². The number of aromatic nitrogens is 3. The number of rotatable bonds is 5. The average Bonchev–Trinajstić information content (AvgIpc) is 3.23. The van der Waals surface area contributed by atoms with E-state index in [0.717, 1.165) is 50.3 Å². The number of fused-ring (bicyclic) bond motifs is 3. The van der Waals surface area contributed by atoms with E-state index in [1.807, 2.05) is 44.4 Å². The number of pyridine rings is 1. The van der Waals surface area contributed by atoms with Gasteiger partial charge in [-0.3, -0.25) is 19.5 Å². The van der Waals surface area contributed by atoms with Crippen LogP contribution in [-0.2, 0) is 27.4 Å². The number of ether oxygens (including phenoxy) is 1. The van der Waals surface area contributed by atoms with Gasteiger partial charge in [0, 0.05) is 40.3 Å². The first-order valence-electron chi connectivity index (χ1n) is 12.5. The standard InChI is InChI=1S/C27H26ClN5O3S/c1-27(2)21-22(27)26(35)33(25(21)34)12-16-9-20-24(37-16)17(3-4-30-20)18-7-14(28)8-19-23(18)32(13-31-19)11-15-10-29-5-6-36-15/h3-4,7-9,13,15,21-22,29H,5-6,10-12H2,1-2H3/t15-,21?,22?/m1/s1. The van der Waals surface area contributed by atoms with Crippen molar-refractivity contribution < 1.29 is 14.3 Å². The summed E-state index contributed by atoms with van der Waals surface area (Å²) in [7, 11) is 0. The molecule has 0 bridgehead atoms. The van der Waals surface area contributed by atoms with Gasteiger partial charge in [0.2, 0.25) is 11.8 Å². The lowest BCUT2D eigenvalue weighted by molar-refractivity contribution is -0.143. The van der Waals surface area contributed by atoms with E-state index in [2.05, 4.69) is 19.9 Å². The first kappa shape index (κ1) is 23.3. The fourth-order valence-corrected chi connectivity index (χ4v) is 7.41. The third kappa shape index (κ3) is 3.63. The number of carbonyl (C=O) groups is 2. The summed E-state index contributed by atoms with van der Waals surface area (Å²) in [6, 6.07) is 7.83. The van der Waals surface area contributed by atoms with Gasteiger partial charge < -0.3 is 14.6 Å². The molecule has 190 valence electrons. The second kappa shape index (κ2) is 8.33. The maximum Gasteiger partial charge on any atom is 0.234 e. The van der Waals surface area contributed by atoms with Crippen molar-refractivity contribution >= 4 is 56.0 Å². The van der Waals surface area contributed by atoms with E-state index in [1.54, 1.807) is 17.5 Å². The highest BCUT2D eigenvalue weighted by Gasteiger charge is 2.72. The summed E-state index contributed by atoms with van der Waals surface area (Å²) in [5.41, 5.74) is 4.42. The second-order valence-electron chi connectivity index (χ2n) is 10.7. The Balaban J connectivity index is 1.27. The lowest BCUT2D eigenvalue weighted by Gasteiger charge is -2.24. The molecule has 1 aliphatic carbocycles. The van der Waals surface area contributed by atoms with Crippen LogP contribution < -0.4 is 5.32 Å². The molecular formula is C27H26ClN5O3S. The molecule has 2 aliphatic heterocycles. The largest absolute Gasteiger partial charge is 0.374 e. The average molecular weight is 536 g/mol. The maximum absolute atomic E-state index is 12.9. The molecule has 3 aliphatic rings. The van der Waals surface area contributed by atoms with Crippen molar-refractivity contribution in [1.29, 1.82) is 0 Å². The number of imidazole rings is 1. The van der Waals surface area contributed by atoms with Crippen molar-refractivity contribution in [2.45, 2.75) is 33.0 Å². The Morgan fingerprint density at radius 3 is 2.70 bits per heavy atom. The number of benzene rings is 1. The summed E-state index contributed by atoms with van der Waals surface area (Å²) < 4.78 is 9.07. The normalized spacial score (nSPS) is 24.8. The first-order valence-corrected chi connectivity index (χ1v) is 13.7. The number of imide groups is 1. The van der Waals surface area contributed by atoms with Gasteiger partial charge in [0.15, 0.2) is 0 Å². The molecule has 10 heteroatoms. The van der Waals surface area contributed by atoms with Gasteiger partial charge in [-0.15, -0.1) is 11.3 Å². The SMILES string of the molecule is CC1(C)C2C(=O)N(Cc3cc4nccc(-c5cc(Cl)cc6ncn(C[C@H]7CNCCO7)c56)c4s3)C(=O)C21. The van der Waals surface area contributed by atoms with E-state index in [1.165, 1.54) is 4.90 Å². The van der Waals surface area contributed by atoms with Crippen LogP contribution in [0.25, 0.3) is 32.4 Å². The third-order valence-electron chi connectivity index (χ3n) is 8.04. The molecule has 5 heterocycles. The Morgan fingerprint density at radius 1 is 1.14 bits per heavy atom. The van der Waals surface area contributed by atoms with Crippen LogP contribution in [0.4, 0.5) is 0 Å². The number of halogens is 1. The maximum atomic E-state index is 12.9. The summed E-state index contributed by atoms with van der Waals surface area (Å²) in [5, 5.41) is 4.00. The molecule has 0 radical (unpaired) electrons. The monoisotopic (exact) mass is 535 g/mol. The number of morpholine rings is 1. The van der Waals surface area contributed by atoms with Crippen molar-refractivity contribution in [3.05, 3.63) is 46.7 Å². The summed E-state index contributed by atoms with van der Waals surface area (Å²) >= 11 is 8.11. The van der Waals surface area contributed by atoms with Crippen molar-refractivity contribution in [3.63, 3.8) is 0 Å². The zero-order valence-electron chi connectivity index (χ0n) is 20.5. The highest BCUT2D eigenvalue weighted by atomic mass is 35.5. The van der Waals surface area contributed by atoms with Crippen LogP contribution >= 0.6 is 22.9 Å². The van der Waals surface area contributed by atoms with Crippen molar-refractivity contribution in [3.8, 4) is 11.1 Å². The van der Waals surface area contributed by atoms with Gasteiger partial charge in [-0.05, 0) is 29.7 Å². The Hall–Kier alpha value is -2.85. The van der Waals surface area contributed by atoms with Crippen molar-refractivity contribution in [2.75, 3.05) is 19.7 Å². The number of hydrogen-bond acceptors (Lipinski definition) is 7. The number of likely N-dealkylation sites (tertiary alicyclic amines) is 1. The molecule has 2 unspecified atom stereocenters. The lowest BCUT2D eigenvalue weighted by Crippen LogP contribution is -2.40. The highest BCUT2D eigenvalue weighted by Crippen LogP contribution is 2.63. The Bertz CT molecular complexity index is 1560. The number of amides is 2. The van der Waals surface area contributed by atoms with Gasteiger partial charge in [0.1, 0.15) is 0 Å². The quantitative estimate of drug-likeness (QED) is 0.387. The molecular weight excluding hydrogens is 510 g/mol. The summed E-state index contributed by atoms with van der Waals surface area (Å²) in [6.45, 7) is 7.32. The molecule has 3 atom stereocenters. The van der Waals surface area contributed by atoms with Crippen LogP contribution in [0.5, 0.6) is 0 Å². The topological polar surface area (TPSA) is 89.3 Å². The predicted octanol–water partition coefficient (Wildman–Crippen LogP) is 4.10. The zero-order chi connectivity index (χ0) is 25.5. The van der Waals surface area contributed by atoms with E-state index in [4.69, 9.17) is 16.3 Å². The minimum atomic E-state index is -0.209. The Kier molecular flexibility index (Phi) is 5.24. The van der Waals surface area contributed by atoms with Crippen molar-refractivity contribution in [1.82, 2.24) is 24.8 Å². The second-order valence-corrected chi connectivity index (χ2v) is 12.3. The fourth-order valence-electron chi connectivity index (χ4n) is 6.07. The van der Waals surface area contributed by atoms with E-state index in [0.29, 0.717) is 18.2 Å². The van der Waals surface area contributed by atoms with E-state index in [-0.39, 0.29) is 41.7 Å². The summed E-state index contributed by atoms with van der Waals surface area (Å²) in [6.07, 6.45) is 3.70. The molecule has 1 saturated carbocycles. The van der Waals surface area contributed by atoms with Gasteiger partial charge in [-0.1, -0.05) is 25.4 Å². The van der Waals surface area contributed by atoms with Crippen LogP contribution in [0.2, 0.25) is 5.02 Å². The van der Waals surface area contributed by atoms with Gasteiger partial charge in [0.05, 0.1) is 65.2 Å². The number of carbonyl (C=O) groups excluding carboxylic acids is 2. The number of thiophene rings is 1. The summed E-state index contributed by atoms with van der Waals surface area (Å²) in [5.74, 6) is -0.450. The molecule has 2 saturated heterocycles. The molecule has 8 nitrogen and oxygen atoms in total. The molecule has 2 amide bonds. The van der Waals surface area contributed by atoms with Crippen LogP contribution in [0.1, 0.15) is 18.7 Å². The van der Waals surface area contributed by atoms with Crippen LogP contribution in [0, 0.1) is 17.3 Å². The molecule has 1 N–H and O–H groups in total. The first-order chi connectivity index (χ1) is 17.8. The number of piperidine rings is 1. The van der Waals surface area contributed by atoms with Gasteiger partial charge >= 0.3 is 0 Å². The minimum absolute atomic E-state index is 0.0505. The molecule has 4 aromatic rings. The third-order valence-corrected chi connectivity index (χ3v) is 9.40. The fraction of sp³-hybridized carbons (Fsp3) is 0.407. The molecule has 7 rings (SSSR count). The smallest absolute Gasteiger partial charge is 0.234 e. The lowest BCUT2D eigenvalue weighted by atomic mass is 10.0. The molecule has 3 fully saturated rings. The molecule has 3 aromatic heterocycles. The Morgan fingerprint density at radius 2 is 1.95 bits per heavy atom. The predicted molar refractivity (Wildman–Crippen MR) is 142 cm³/mol. The zero-order valence-corrected chi connectivity index (χ0v) is 22.1. The van der Waals surface area contributed by atoms with Crippen LogP contribution in [-0.4, -0.2) is 57.0 Å². The van der Waals surface area contributed by atoms with Crippen molar-refractivity contribution in [2.24, 2.45) is 17.3 Å². The Labute approximate surface area is 222 Å². The van der Waals surface area contributed by atoms with E-state index in [9.17, 15) is 9.59 Å². The van der Waals surface area contributed by atoms with Gasteiger partial charge in [0.25, 0.3) is 0 Å². The summed E-state index contributed by atoms with van der Waals surface area (Å²) in [4.78, 5) is 37.4. The van der Waals surface area contributed by atoms with Gasteiger partial charge in [-0.25, -0.2) is 4.98 Å². The minimum Gasteiger partial charge on any atom is -0.374 e. The van der Waals surface area contributed by atoms with E-state index < -0.39 is 0 Å². The molecule has 1 aromatic carbocycles. The van der Waals surface area contributed by atoms with E-state index >= 15 is 0 Å². The van der Waals surface area contributed by atoms with Crippen LogP contribution in [0.15, 0.2) is 36.8 Å². The number of hydrogen-bond donors (Lipinski definition) is 1. The number of nitrogens with one attached hydrogen (secondary N) is 1. The molecule has 37 heavy (non-hydrogen) atoms. The van der Waals surface area contributed by atoms with Crippen LogP contribution in [0.3, 0.4) is 0 Å². The number of nitrogens with zero attached hydrogens (tertiary/aromatic N) is 4. The molecule has 0 spiro atoms. The highest BCUT2D eigenvalue weighted by molar-refractivity contribution is 7.19.